The third-order valence-corrected chi connectivity index (χ3v) is 4.38. The molecule has 3 heteroatoms. The van der Waals surface area contributed by atoms with E-state index in [1.54, 1.807) is 13.2 Å². The van der Waals surface area contributed by atoms with Crippen LogP contribution in [0.1, 0.15) is 42.4 Å². The van der Waals surface area contributed by atoms with Gasteiger partial charge in [0.15, 0.2) is 0 Å². The summed E-state index contributed by atoms with van der Waals surface area (Å²) in [6, 6.07) is 4.28. The molecule has 0 spiro atoms. The number of aliphatic imine (C=N–C) groups is 1. The van der Waals surface area contributed by atoms with Crippen LogP contribution in [0.4, 0.5) is 0 Å². The number of fused-ring (bicyclic) bond motifs is 1. The van der Waals surface area contributed by atoms with Crippen molar-refractivity contribution in [1.82, 2.24) is 0 Å². The molecule has 0 aliphatic heterocycles. The van der Waals surface area contributed by atoms with Crippen molar-refractivity contribution in [1.29, 1.82) is 0 Å². The van der Waals surface area contributed by atoms with Crippen LogP contribution in [0, 0.1) is 0 Å². The van der Waals surface area contributed by atoms with E-state index >= 15 is 0 Å². The van der Waals surface area contributed by atoms with Gasteiger partial charge in [-0.25, -0.2) is 4.79 Å². The van der Waals surface area contributed by atoms with E-state index in [2.05, 4.69) is 17.1 Å². The molecule has 0 amide bonds. The minimum Gasteiger partial charge on any atom is -0.496 e. The Balaban J connectivity index is 2.15. The van der Waals surface area contributed by atoms with Crippen LogP contribution < -0.4 is 4.74 Å². The number of hydrogen-bond donors (Lipinski definition) is 0. The maximum absolute atomic E-state index is 10.7. The predicted octanol–water partition coefficient (Wildman–Crippen LogP) is 2.90. The van der Waals surface area contributed by atoms with Crippen molar-refractivity contribution in [2.75, 3.05) is 7.11 Å². The fourth-order valence-corrected chi connectivity index (χ4v) is 3.27. The van der Waals surface area contributed by atoms with Crippen molar-refractivity contribution in [3.63, 3.8) is 0 Å². The first-order chi connectivity index (χ1) is 8.80. The summed E-state index contributed by atoms with van der Waals surface area (Å²) in [4.78, 5) is 14.8. The molecule has 1 saturated carbocycles. The van der Waals surface area contributed by atoms with Gasteiger partial charge >= 0.3 is 0 Å². The summed E-state index contributed by atoms with van der Waals surface area (Å²) in [6.07, 6.45) is 8.12. The van der Waals surface area contributed by atoms with Crippen molar-refractivity contribution in [2.24, 2.45) is 4.99 Å². The van der Waals surface area contributed by atoms with Gasteiger partial charge < -0.3 is 4.74 Å². The van der Waals surface area contributed by atoms with Gasteiger partial charge in [-0.05, 0) is 49.7 Å². The van der Waals surface area contributed by atoms with Crippen LogP contribution in [-0.2, 0) is 23.2 Å². The summed E-state index contributed by atoms with van der Waals surface area (Å²) in [5.41, 5.74) is 3.44. The minimum atomic E-state index is -0.356. The van der Waals surface area contributed by atoms with Crippen molar-refractivity contribution in [3.05, 3.63) is 28.8 Å². The largest absolute Gasteiger partial charge is 0.496 e. The fourth-order valence-electron chi connectivity index (χ4n) is 3.27. The van der Waals surface area contributed by atoms with Crippen LogP contribution in [0.15, 0.2) is 17.1 Å². The Bertz CT molecular complexity index is 526. The highest BCUT2D eigenvalue weighted by molar-refractivity contribution is 5.53. The fraction of sp³-hybridized carbons (Fsp3) is 0.533. The SMILES string of the molecule is COc1c(C2(N=C=O)CCC2)ccc2c1CCC2. The maximum Gasteiger partial charge on any atom is 0.235 e. The maximum atomic E-state index is 10.7. The Kier molecular flexibility index (Phi) is 2.71. The van der Waals surface area contributed by atoms with Crippen molar-refractivity contribution in [3.8, 4) is 5.75 Å². The molecule has 0 radical (unpaired) electrons. The number of ether oxygens (including phenoxy) is 1. The Morgan fingerprint density at radius 1 is 1.28 bits per heavy atom. The van der Waals surface area contributed by atoms with E-state index in [0.717, 1.165) is 43.4 Å². The molecule has 0 bridgehead atoms. The molecule has 2 aliphatic rings. The molecule has 3 rings (SSSR count). The molecule has 0 heterocycles. The lowest BCUT2D eigenvalue weighted by atomic mass is 9.71. The van der Waals surface area contributed by atoms with Gasteiger partial charge in [0.2, 0.25) is 6.08 Å². The highest BCUT2D eigenvalue weighted by atomic mass is 16.5. The molecule has 0 saturated heterocycles. The first kappa shape index (κ1) is 11.5. The quantitative estimate of drug-likeness (QED) is 0.605. The number of isocyanates is 1. The van der Waals surface area contributed by atoms with Crippen LogP contribution in [0.25, 0.3) is 0 Å². The van der Waals surface area contributed by atoms with E-state index in [0.29, 0.717) is 0 Å². The summed E-state index contributed by atoms with van der Waals surface area (Å²) in [5, 5.41) is 0. The van der Waals surface area contributed by atoms with Crippen LogP contribution in [0.2, 0.25) is 0 Å². The highest BCUT2D eigenvalue weighted by Crippen LogP contribution is 2.50. The van der Waals surface area contributed by atoms with E-state index < -0.39 is 0 Å². The average molecular weight is 243 g/mol. The first-order valence-electron chi connectivity index (χ1n) is 6.59. The second-order valence-corrected chi connectivity index (χ2v) is 5.23. The molecule has 1 aromatic carbocycles. The van der Waals surface area contributed by atoms with Gasteiger partial charge in [0.1, 0.15) is 11.3 Å². The van der Waals surface area contributed by atoms with Crippen molar-refractivity contribution in [2.45, 2.75) is 44.1 Å². The Hall–Kier alpha value is -1.60. The normalized spacial score (nSPS) is 19.6. The molecule has 1 aromatic rings. The molecule has 0 aromatic heterocycles. The molecule has 0 unspecified atom stereocenters. The predicted molar refractivity (Wildman–Crippen MR) is 68.7 cm³/mol. The second-order valence-electron chi connectivity index (χ2n) is 5.23. The standard InChI is InChI=1S/C15H17NO2/c1-18-14-12-5-2-4-11(12)6-7-13(14)15(16-10-17)8-3-9-15/h6-7H,2-5,8-9H2,1H3. The van der Waals surface area contributed by atoms with E-state index in [-0.39, 0.29) is 5.54 Å². The van der Waals surface area contributed by atoms with E-state index in [4.69, 9.17) is 4.74 Å². The number of methoxy groups -OCH3 is 1. The molecular formula is C15H17NO2. The zero-order valence-electron chi connectivity index (χ0n) is 10.7. The number of rotatable bonds is 3. The van der Waals surface area contributed by atoms with Crippen LogP contribution in [0.3, 0.4) is 0 Å². The molecule has 0 atom stereocenters. The van der Waals surface area contributed by atoms with Gasteiger partial charge in [-0.2, -0.15) is 4.99 Å². The number of benzene rings is 1. The summed E-state index contributed by atoms with van der Waals surface area (Å²) in [5.74, 6) is 0.962. The van der Waals surface area contributed by atoms with E-state index in [9.17, 15) is 4.79 Å². The van der Waals surface area contributed by atoms with E-state index in [1.165, 1.54) is 17.5 Å². The third kappa shape index (κ3) is 1.51. The average Bonchev–Trinajstić information content (AvgIpc) is 2.81. The van der Waals surface area contributed by atoms with Gasteiger partial charge in [0.05, 0.1) is 7.11 Å². The smallest absolute Gasteiger partial charge is 0.235 e. The lowest BCUT2D eigenvalue weighted by molar-refractivity contribution is 0.245. The lowest BCUT2D eigenvalue weighted by Crippen LogP contribution is -2.32. The summed E-state index contributed by atoms with van der Waals surface area (Å²) in [6.45, 7) is 0. The molecule has 94 valence electrons. The summed E-state index contributed by atoms with van der Waals surface area (Å²) >= 11 is 0. The Morgan fingerprint density at radius 2 is 2.11 bits per heavy atom. The van der Waals surface area contributed by atoms with Gasteiger partial charge in [-0.3, -0.25) is 0 Å². The highest BCUT2D eigenvalue weighted by Gasteiger charge is 2.42. The zero-order chi connectivity index (χ0) is 12.6. The topological polar surface area (TPSA) is 38.7 Å². The Morgan fingerprint density at radius 3 is 2.72 bits per heavy atom. The van der Waals surface area contributed by atoms with Crippen LogP contribution in [0.5, 0.6) is 5.75 Å². The van der Waals surface area contributed by atoms with Gasteiger partial charge in [-0.15, -0.1) is 0 Å². The molecule has 1 fully saturated rings. The molecule has 2 aliphatic carbocycles. The summed E-state index contributed by atoms with van der Waals surface area (Å²) in [7, 11) is 1.72. The molecule has 0 N–H and O–H groups in total. The van der Waals surface area contributed by atoms with Gasteiger partial charge in [0, 0.05) is 5.56 Å². The number of aryl methyl sites for hydroxylation is 1. The van der Waals surface area contributed by atoms with Crippen molar-refractivity contribution >= 4 is 6.08 Å². The van der Waals surface area contributed by atoms with Gasteiger partial charge in [-0.1, -0.05) is 12.1 Å². The van der Waals surface area contributed by atoms with Gasteiger partial charge in [0.25, 0.3) is 0 Å². The molecule has 3 nitrogen and oxygen atoms in total. The third-order valence-electron chi connectivity index (χ3n) is 4.38. The lowest BCUT2D eigenvalue weighted by Gasteiger charge is -2.38. The second kappa shape index (κ2) is 4.25. The van der Waals surface area contributed by atoms with E-state index in [1.807, 2.05) is 0 Å². The monoisotopic (exact) mass is 243 g/mol. The summed E-state index contributed by atoms with van der Waals surface area (Å²) < 4.78 is 5.63. The molecular weight excluding hydrogens is 226 g/mol. The number of nitrogens with zero attached hydrogens (tertiary/aromatic N) is 1. The Labute approximate surface area is 107 Å². The number of hydrogen-bond acceptors (Lipinski definition) is 3. The van der Waals surface area contributed by atoms with Crippen LogP contribution in [-0.4, -0.2) is 13.2 Å². The first-order valence-corrected chi connectivity index (χ1v) is 6.59. The number of carbonyl (C=O) groups excluding carboxylic acids is 1. The van der Waals surface area contributed by atoms with Crippen LogP contribution >= 0.6 is 0 Å². The minimum absolute atomic E-state index is 0.356. The zero-order valence-corrected chi connectivity index (χ0v) is 10.7. The van der Waals surface area contributed by atoms with Crippen molar-refractivity contribution < 1.29 is 9.53 Å². The molecule has 18 heavy (non-hydrogen) atoms.